The summed E-state index contributed by atoms with van der Waals surface area (Å²) in [6.07, 6.45) is 0.188. The Morgan fingerprint density at radius 3 is 2.63 bits per heavy atom. The standard InChI is InChI=1S/C14H19NO4/c1-9-6-11(4-5-12(9)8-16)7-13(17)15-10(2)14(18)19-3/h4-6,10,16H,7-8H2,1-3H3,(H,15,17). The van der Waals surface area contributed by atoms with Crippen LogP contribution in [0.2, 0.25) is 0 Å². The van der Waals surface area contributed by atoms with E-state index in [1.54, 1.807) is 19.1 Å². The van der Waals surface area contributed by atoms with Crippen LogP contribution in [0.5, 0.6) is 0 Å². The Morgan fingerprint density at radius 1 is 1.42 bits per heavy atom. The Labute approximate surface area is 112 Å². The average Bonchev–Trinajstić information content (AvgIpc) is 2.37. The van der Waals surface area contributed by atoms with Crippen LogP contribution in [0.3, 0.4) is 0 Å². The van der Waals surface area contributed by atoms with Gasteiger partial charge in [-0.25, -0.2) is 4.79 Å². The number of rotatable bonds is 5. The van der Waals surface area contributed by atoms with Gasteiger partial charge in [-0.15, -0.1) is 0 Å². The molecule has 5 heteroatoms. The Morgan fingerprint density at radius 2 is 2.11 bits per heavy atom. The summed E-state index contributed by atoms with van der Waals surface area (Å²) in [5, 5.41) is 11.6. The fraction of sp³-hybridized carbons (Fsp3) is 0.429. The summed E-state index contributed by atoms with van der Waals surface area (Å²) in [5.41, 5.74) is 2.62. The molecule has 0 saturated heterocycles. The number of esters is 1. The van der Waals surface area contributed by atoms with Crippen LogP contribution in [-0.2, 0) is 27.4 Å². The second-order valence-electron chi connectivity index (χ2n) is 4.41. The van der Waals surface area contributed by atoms with Gasteiger partial charge in [-0.3, -0.25) is 4.79 Å². The van der Waals surface area contributed by atoms with E-state index in [0.29, 0.717) is 0 Å². The van der Waals surface area contributed by atoms with E-state index in [2.05, 4.69) is 10.1 Å². The molecule has 0 fully saturated rings. The molecule has 104 valence electrons. The first-order valence-corrected chi connectivity index (χ1v) is 6.04. The normalized spacial score (nSPS) is 11.8. The van der Waals surface area contributed by atoms with Crippen molar-refractivity contribution in [2.24, 2.45) is 0 Å². The van der Waals surface area contributed by atoms with E-state index >= 15 is 0 Å². The molecule has 19 heavy (non-hydrogen) atoms. The fourth-order valence-corrected chi connectivity index (χ4v) is 1.76. The first-order valence-electron chi connectivity index (χ1n) is 6.04. The molecule has 1 amide bonds. The van der Waals surface area contributed by atoms with Crippen LogP contribution in [0, 0.1) is 6.92 Å². The summed E-state index contributed by atoms with van der Waals surface area (Å²) in [7, 11) is 1.28. The highest BCUT2D eigenvalue weighted by Crippen LogP contribution is 2.11. The van der Waals surface area contributed by atoms with Crippen molar-refractivity contribution in [2.75, 3.05) is 7.11 Å². The molecule has 0 aliphatic heterocycles. The topological polar surface area (TPSA) is 75.6 Å². The van der Waals surface area contributed by atoms with Crippen LogP contribution in [0.1, 0.15) is 23.6 Å². The maximum absolute atomic E-state index is 11.7. The van der Waals surface area contributed by atoms with Crippen LogP contribution < -0.4 is 5.32 Å². The molecule has 0 saturated carbocycles. The number of carbonyl (C=O) groups excluding carboxylic acids is 2. The highest BCUT2D eigenvalue weighted by atomic mass is 16.5. The summed E-state index contributed by atoms with van der Waals surface area (Å²) in [4.78, 5) is 22.9. The van der Waals surface area contributed by atoms with Crippen molar-refractivity contribution in [2.45, 2.75) is 32.9 Å². The minimum absolute atomic E-state index is 0.0162. The Hall–Kier alpha value is -1.88. The van der Waals surface area contributed by atoms with Gasteiger partial charge in [0.2, 0.25) is 5.91 Å². The molecule has 1 aromatic rings. The minimum atomic E-state index is -0.657. The second kappa shape index (κ2) is 6.89. The Balaban J connectivity index is 2.62. The third kappa shape index (κ3) is 4.37. The van der Waals surface area contributed by atoms with Gasteiger partial charge < -0.3 is 15.2 Å². The first kappa shape index (κ1) is 15.2. The van der Waals surface area contributed by atoms with Gasteiger partial charge in [0.05, 0.1) is 20.1 Å². The molecule has 1 unspecified atom stereocenters. The maximum Gasteiger partial charge on any atom is 0.328 e. The number of carbonyl (C=O) groups is 2. The summed E-state index contributed by atoms with van der Waals surface area (Å²) >= 11 is 0. The number of hydrogen-bond donors (Lipinski definition) is 2. The van der Waals surface area contributed by atoms with Crippen LogP contribution in [0.4, 0.5) is 0 Å². The second-order valence-corrected chi connectivity index (χ2v) is 4.41. The van der Waals surface area contributed by atoms with Gasteiger partial charge in [-0.2, -0.15) is 0 Å². The predicted molar refractivity (Wildman–Crippen MR) is 70.4 cm³/mol. The quantitative estimate of drug-likeness (QED) is 0.769. The third-order valence-electron chi connectivity index (χ3n) is 2.87. The van der Waals surface area contributed by atoms with Crippen molar-refractivity contribution in [1.29, 1.82) is 0 Å². The van der Waals surface area contributed by atoms with Gasteiger partial charge in [-0.1, -0.05) is 18.2 Å². The van der Waals surface area contributed by atoms with Gasteiger partial charge in [-0.05, 0) is 30.5 Å². The van der Waals surface area contributed by atoms with E-state index in [1.807, 2.05) is 13.0 Å². The molecule has 0 spiro atoms. The molecule has 0 radical (unpaired) electrons. The average molecular weight is 265 g/mol. The van der Waals surface area contributed by atoms with E-state index < -0.39 is 12.0 Å². The number of benzene rings is 1. The van der Waals surface area contributed by atoms with Crippen molar-refractivity contribution >= 4 is 11.9 Å². The van der Waals surface area contributed by atoms with E-state index in [1.165, 1.54) is 7.11 Å². The van der Waals surface area contributed by atoms with Crippen LogP contribution >= 0.6 is 0 Å². The smallest absolute Gasteiger partial charge is 0.328 e. The van der Waals surface area contributed by atoms with Gasteiger partial charge in [0.25, 0.3) is 0 Å². The number of aliphatic hydroxyl groups excluding tert-OH is 1. The monoisotopic (exact) mass is 265 g/mol. The molecule has 0 aliphatic rings. The van der Waals surface area contributed by atoms with Gasteiger partial charge >= 0.3 is 5.97 Å². The zero-order chi connectivity index (χ0) is 14.4. The largest absolute Gasteiger partial charge is 0.467 e. The van der Waals surface area contributed by atoms with E-state index in [9.17, 15) is 9.59 Å². The summed E-state index contributed by atoms with van der Waals surface area (Å²) in [5.74, 6) is -0.714. The van der Waals surface area contributed by atoms with Crippen molar-refractivity contribution in [3.8, 4) is 0 Å². The zero-order valence-electron chi connectivity index (χ0n) is 11.4. The molecule has 2 N–H and O–H groups in total. The molecule has 5 nitrogen and oxygen atoms in total. The molecule has 0 aromatic heterocycles. The van der Waals surface area contributed by atoms with Crippen LogP contribution in [-0.4, -0.2) is 30.1 Å². The summed E-state index contributed by atoms with van der Waals surface area (Å²) < 4.78 is 4.53. The predicted octanol–water partition coefficient (Wildman–Crippen LogP) is 0.708. The number of amides is 1. The lowest BCUT2D eigenvalue weighted by Gasteiger charge is -2.12. The lowest BCUT2D eigenvalue weighted by Crippen LogP contribution is -2.39. The lowest BCUT2D eigenvalue weighted by molar-refractivity contribution is -0.144. The molecule has 0 heterocycles. The molecule has 1 aromatic carbocycles. The van der Waals surface area contributed by atoms with Crippen molar-refractivity contribution in [3.63, 3.8) is 0 Å². The number of ether oxygens (including phenoxy) is 1. The highest BCUT2D eigenvalue weighted by Gasteiger charge is 2.15. The Bertz CT molecular complexity index is 471. The van der Waals surface area contributed by atoms with Crippen molar-refractivity contribution < 1.29 is 19.4 Å². The first-order chi connectivity index (χ1) is 8.97. The van der Waals surface area contributed by atoms with Crippen molar-refractivity contribution in [3.05, 3.63) is 34.9 Å². The van der Waals surface area contributed by atoms with Crippen LogP contribution in [0.15, 0.2) is 18.2 Å². The molecular weight excluding hydrogens is 246 g/mol. The SMILES string of the molecule is COC(=O)C(C)NC(=O)Cc1ccc(CO)c(C)c1. The number of nitrogens with one attached hydrogen (secondary N) is 1. The number of hydrogen-bond acceptors (Lipinski definition) is 4. The van der Waals surface area contributed by atoms with E-state index in [0.717, 1.165) is 16.7 Å². The minimum Gasteiger partial charge on any atom is -0.467 e. The zero-order valence-corrected chi connectivity index (χ0v) is 11.4. The molecule has 1 atom stereocenters. The van der Waals surface area contributed by atoms with Crippen LogP contribution in [0.25, 0.3) is 0 Å². The highest BCUT2D eigenvalue weighted by molar-refractivity contribution is 5.85. The number of aryl methyl sites for hydroxylation is 1. The third-order valence-corrected chi connectivity index (χ3v) is 2.87. The Kier molecular flexibility index (Phi) is 5.51. The van der Waals surface area contributed by atoms with E-state index in [-0.39, 0.29) is 18.9 Å². The fourth-order valence-electron chi connectivity index (χ4n) is 1.76. The maximum atomic E-state index is 11.7. The lowest BCUT2D eigenvalue weighted by atomic mass is 10.0. The molecule has 0 bridgehead atoms. The number of methoxy groups -OCH3 is 1. The van der Waals surface area contributed by atoms with Crippen molar-refractivity contribution in [1.82, 2.24) is 5.32 Å². The van der Waals surface area contributed by atoms with E-state index in [4.69, 9.17) is 5.11 Å². The number of aliphatic hydroxyl groups is 1. The molecule has 0 aliphatic carbocycles. The van der Waals surface area contributed by atoms with Gasteiger partial charge in [0, 0.05) is 0 Å². The summed E-state index contributed by atoms with van der Waals surface area (Å²) in [6, 6.07) is 4.78. The van der Waals surface area contributed by atoms with Gasteiger partial charge in [0.1, 0.15) is 6.04 Å². The summed E-state index contributed by atoms with van der Waals surface area (Å²) in [6.45, 7) is 3.44. The van der Waals surface area contributed by atoms with Gasteiger partial charge in [0.15, 0.2) is 0 Å². The molecular formula is C14H19NO4. The molecule has 1 rings (SSSR count).